The van der Waals surface area contributed by atoms with Gasteiger partial charge in [-0.1, -0.05) is 35.5 Å². The highest BCUT2D eigenvalue weighted by atomic mass is 16.6. The second-order valence-corrected chi connectivity index (χ2v) is 5.98. The van der Waals surface area contributed by atoms with Crippen LogP contribution in [-0.2, 0) is 0 Å². The summed E-state index contributed by atoms with van der Waals surface area (Å²) < 4.78 is 5.86. The summed E-state index contributed by atoms with van der Waals surface area (Å²) in [5.74, 6) is -0.898. The van der Waals surface area contributed by atoms with Crippen molar-refractivity contribution in [2.75, 3.05) is 5.73 Å². The highest BCUT2D eigenvalue weighted by Gasteiger charge is 2.24. The molecule has 2 heterocycles. The number of anilines is 1. The van der Waals surface area contributed by atoms with Crippen LogP contribution in [-0.4, -0.2) is 47.6 Å². The van der Waals surface area contributed by atoms with Gasteiger partial charge in [0.2, 0.25) is 11.6 Å². The monoisotopic (exact) mass is 406 g/mol. The van der Waals surface area contributed by atoms with Crippen LogP contribution in [0, 0.1) is 0 Å². The molecule has 1 amide bonds. The average Bonchev–Trinajstić information content (AvgIpc) is 3.36. The van der Waals surface area contributed by atoms with Gasteiger partial charge in [-0.25, -0.2) is 10.1 Å². The number of hydrazone groups is 1. The van der Waals surface area contributed by atoms with E-state index in [1.807, 2.05) is 6.07 Å². The van der Waals surface area contributed by atoms with Crippen molar-refractivity contribution in [1.29, 1.82) is 0 Å². The molecule has 0 aliphatic rings. The highest BCUT2D eigenvalue weighted by Crippen LogP contribution is 2.26. The minimum atomic E-state index is -0.662. The average molecular weight is 406 g/mol. The Hall–Kier alpha value is -4.74. The summed E-state index contributed by atoms with van der Waals surface area (Å²) in [7, 11) is 0. The number of carbonyl (C=O) groups is 1. The lowest BCUT2D eigenvalue weighted by atomic mass is 10.1. The molecule has 2 aromatic carbocycles. The molecule has 0 saturated heterocycles. The predicted molar refractivity (Wildman–Crippen MR) is 104 cm³/mol. The number of hydrogen-bond acceptors (Lipinski definition) is 10. The predicted octanol–water partition coefficient (Wildman–Crippen LogP) is 1.07. The number of phenolic OH excluding ortho intramolecular Hbond substituents is 2. The Kier molecular flexibility index (Phi) is 4.78. The van der Waals surface area contributed by atoms with Crippen molar-refractivity contribution in [2.24, 2.45) is 5.10 Å². The van der Waals surface area contributed by atoms with Crippen LogP contribution in [0.2, 0.25) is 0 Å². The van der Waals surface area contributed by atoms with Crippen molar-refractivity contribution >= 4 is 17.9 Å². The molecule has 0 fully saturated rings. The first-order valence-electron chi connectivity index (χ1n) is 8.49. The Morgan fingerprint density at radius 2 is 1.97 bits per heavy atom. The highest BCUT2D eigenvalue weighted by molar-refractivity contribution is 5.99. The Morgan fingerprint density at radius 1 is 1.17 bits per heavy atom. The number of nitrogens with zero attached hydrogens (tertiary/aromatic N) is 6. The maximum absolute atomic E-state index is 12.7. The minimum absolute atomic E-state index is 0.0233. The number of amides is 1. The number of hydrogen-bond donors (Lipinski definition) is 4. The van der Waals surface area contributed by atoms with E-state index < -0.39 is 5.91 Å². The van der Waals surface area contributed by atoms with E-state index in [9.17, 15) is 15.0 Å². The molecule has 0 radical (unpaired) electrons. The van der Waals surface area contributed by atoms with E-state index >= 15 is 0 Å². The van der Waals surface area contributed by atoms with Gasteiger partial charge >= 0.3 is 0 Å². The maximum Gasteiger partial charge on any atom is 0.294 e. The van der Waals surface area contributed by atoms with Gasteiger partial charge in [0.1, 0.15) is 17.2 Å². The van der Waals surface area contributed by atoms with Crippen LogP contribution < -0.4 is 11.2 Å². The molecule has 12 heteroatoms. The third-order valence-electron chi connectivity index (χ3n) is 4.01. The van der Waals surface area contributed by atoms with Gasteiger partial charge in [-0.3, -0.25) is 4.79 Å². The second kappa shape index (κ2) is 7.71. The van der Waals surface area contributed by atoms with E-state index in [0.717, 1.165) is 6.07 Å². The third-order valence-corrected chi connectivity index (χ3v) is 4.01. The first kappa shape index (κ1) is 18.6. The van der Waals surface area contributed by atoms with Crippen LogP contribution in [0.1, 0.15) is 16.1 Å². The molecule has 0 atom stereocenters. The Morgan fingerprint density at radius 3 is 2.67 bits per heavy atom. The smallest absolute Gasteiger partial charge is 0.294 e. The van der Waals surface area contributed by atoms with E-state index in [1.54, 1.807) is 24.3 Å². The molecule has 0 aliphatic carbocycles. The maximum atomic E-state index is 12.7. The van der Waals surface area contributed by atoms with Crippen LogP contribution in [0.3, 0.4) is 0 Å². The number of nitrogen functional groups attached to an aromatic ring is 1. The number of nitrogens with one attached hydrogen (secondary N) is 1. The summed E-state index contributed by atoms with van der Waals surface area (Å²) in [6.07, 6.45) is 1.22. The van der Waals surface area contributed by atoms with E-state index in [2.05, 4.69) is 35.8 Å². The normalized spacial score (nSPS) is 11.1. The quantitative estimate of drug-likeness (QED) is 0.279. The van der Waals surface area contributed by atoms with Gasteiger partial charge in [-0.05, 0) is 22.4 Å². The molecule has 30 heavy (non-hydrogen) atoms. The lowest BCUT2D eigenvalue weighted by Crippen LogP contribution is -2.19. The van der Waals surface area contributed by atoms with Gasteiger partial charge in [0, 0.05) is 17.2 Å². The largest absolute Gasteiger partial charge is 0.508 e. The van der Waals surface area contributed by atoms with E-state index in [1.165, 1.54) is 23.0 Å². The topological polar surface area (TPSA) is 178 Å². The van der Waals surface area contributed by atoms with Crippen molar-refractivity contribution < 1.29 is 19.6 Å². The standard InChI is InChI=1S/C18H14N8O4/c19-16-17(24-30-23-16)26-15(10-4-2-1-3-5-10)14(21-25-26)18(29)22-20-9-11-6-7-12(27)8-13(11)28/h1-9,27-28H,(H2,19,23)(H,22,29)/b20-9+. The minimum Gasteiger partial charge on any atom is -0.508 e. The number of nitrogens with two attached hydrogens (primary N) is 1. The molecule has 0 unspecified atom stereocenters. The summed E-state index contributed by atoms with van der Waals surface area (Å²) in [6.45, 7) is 0. The first-order valence-corrected chi connectivity index (χ1v) is 8.49. The molecule has 2 aromatic heterocycles. The summed E-state index contributed by atoms with van der Waals surface area (Å²) in [6, 6.07) is 12.9. The van der Waals surface area contributed by atoms with Gasteiger partial charge < -0.3 is 15.9 Å². The van der Waals surface area contributed by atoms with Crippen LogP contribution in [0.5, 0.6) is 11.5 Å². The zero-order chi connectivity index (χ0) is 21.1. The molecule has 5 N–H and O–H groups in total. The second-order valence-electron chi connectivity index (χ2n) is 5.98. The van der Waals surface area contributed by atoms with Gasteiger partial charge in [-0.2, -0.15) is 9.78 Å². The SMILES string of the molecule is Nc1nonc1-n1nnc(C(=O)N/N=C/c2ccc(O)cc2O)c1-c1ccccc1. The number of rotatable bonds is 5. The molecule has 0 saturated carbocycles. The van der Waals surface area contributed by atoms with Crippen molar-refractivity contribution in [2.45, 2.75) is 0 Å². The van der Waals surface area contributed by atoms with E-state index in [4.69, 9.17) is 5.73 Å². The van der Waals surface area contributed by atoms with Crippen LogP contribution in [0.15, 0.2) is 58.3 Å². The fourth-order valence-corrected chi connectivity index (χ4v) is 2.63. The zero-order valence-corrected chi connectivity index (χ0v) is 15.2. The summed E-state index contributed by atoms with van der Waals surface area (Å²) in [5, 5.41) is 38.0. The van der Waals surface area contributed by atoms with Crippen LogP contribution in [0.4, 0.5) is 5.82 Å². The number of phenols is 2. The summed E-state index contributed by atoms with van der Waals surface area (Å²) >= 11 is 0. The van der Waals surface area contributed by atoms with Gasteiger partial charge in [0.05, 0.1) is 6.21 Å². The molecular formula is C18H14N8O4. The Bertz CT molecular complexity index is 1230. The molecule has 12 nitrogen and oxygen atoms in total. The number of aromatic nitrogens is 5. The number of aromatic hydroxyl groups is 2. The van der Waals surface area contributed by atoms with Crippen molar-refractivity contribution in [3.05, 3.63) is 59.8 Å². The molecule has 4 rings (SSSR count). The molecule has 0 bridgehead atoms. The van der Waals surface area contributed by atoms with Crippen LogP contribution in [0.25, 0.3) is 17.1 Å². The molecule has 150 valence electrons. The zero-order valence-electron chi connectivity index (χ0n) is 15.2. The van der Waals surface area contributed by atoms with Crippen molar-refractivity contribution in [1.82, 2.24) is 30.7 Å². The van der Waals surface area contributed by atoms with Gasteiger partial charge in [0.25, 0.3) is 5.91 Å². The summed E-state index contributed by atoms with van der Waals surface area (Å²) in [4.78, 5) is 12.7. The lowest BCUT2D eigenvalue weighted by molar-refractivity contribution is 0.0950. The number of benzene rings is 2. The van der Waals surface area contributed by atoms with Crippen molar-refractivity contribution in [3.8, 4) is 28.6 Å². The van der Waals surface area contributed by atoms with Crippen LogP contribution >= 0.6 is 0 Å². The molecule has 4 aromatic rings. The molecular weight excluding hydrogens is 392 g/mol. The van der Waals surface area contributed by atoms with E-state index in [-0.39, 0.29) is 28.8 Å². The Labute approximate surface area is 168 Å². The van der Waals surface area contributed by atoms with Gasteiger partial charge in [0.15, 0.2) is 5.69 Å². The Balaban J connectivity index is 1.67. The number of carbonyl (C=O) groups excluding carboxylic acids is 1. The molecule has 0 spiro atoms. The first-order chi connectivity index (χ1) is 14.5. The van der Waals surface area contributed by atoms with Gasteiger partial charge in [-0.15, -0.1) is 5.10 Å². The fourth-order valence-electron chi connectivity index (χ4n) is 2.63. The third kappa shape index (κ3) is 3.52. The molecule has 0 aliphatic heterocycles. The fraction of sp³-hybridized carbons (Fsp3) is 0. The van der Waals surface area contributed by atoms with Crippen molar-refractivity contribution in [3.63, 3.8) is 0 Å². The van der Waals surface area contributed by atoms with E-state index in [0.29, 0.717) is 16.8 Å². The lowest BCUT2D eigenvalue weighted by Gasteiger charge is -2.05. The summed E-state index contributed by atoms with van der Waals surface area (Å²) in [5.41, 5.74) is 9.25.